The van der Waals surface area contributed by atoms with Gasteiger partial charge in [-0.1, -0.05) is 12.1 Å². The van der Waals surface area contributed by atoms with Crippen LogP contribution in [0.1, 0.15) is 44.9 Å². The zero-order valence-corrected chi connectivity index (χ0v) is 24.0. The molecule has 12 heteroatoms. The SMILES string of the molecule is Cc1nc(C(F)(F)F)ccc1C(=O)Nc1cc(C(=O)Nc2ccccc2OCC2CCCO2)ccc1N1CCN(C)CC1. The zero-order valence-electron chi connectivity index (χ0n) is 24.0. The number of nitrogens with zero attached hydrogens (tertiary/aromatic N) is 3. The molecule has 2 amide bonds. The van der Waals surface area contributed by atoms with Crippen molar-refractivity contribution in [2.24, 2.45) is 0 Å². The molecule has 0 aliphatic carbocycles. The Kier molecular flexibility index (Phi) is 9.16. The van der Waals surface area contributed by atoms with Gasteiger partial charge in [-0.3, -0.25) is 9.59 Å². The number of pyridine rings is 1. The fourth-order valence-electron chi connectivity index (χ4n) is 5.10. The lowest BCUT2D eigenvalue weighted by Crippen LogP contribution is -2.44. The Bertz CT molecular complexity index is 1470. The number of likely N-dealkylation sites (N-methyl/N-ethyl adjacent to an activating group) is 1. The summed E-state index contributed by atoms with van der Waals surface area (Å²) in [5.74, 6) is -0.528. The van der Waals surface area contributed by atoms with E-state index in [9.17, 15) is 22.8 Å². The summed E-state index contributed by atoms with van der Waals surface area (Å²) >= 11 is 0. The van der Waals surface area contributed by atoms with Crippen molar-refractivity contribution >= 4 is 28.9 Å². The van der Waals surface area contributed by atoms with Crippen LogP contribution in [0.25, 0.3) is 0 Å². The average molecular weight is 598 g/mol. The standard InChI is InChI=1S/C31H34F3N5O4/c1-20-23(10-12-28(35-20)31(32,33)34)30(41)37-25-18-21(9-11-26(25)39-15-13-38(2)14-16-39)29(40)36-24-7-3-4-8-27(24)43-19-22-6-5-17-42-22/h3-4,7-12,18,22H,5-6,13-17,19H2,1-2H3,(H,36,40)(H,37,41). The van der Waals surface area contributed by atoms with Gasteiger partial charge in [-0.2, -0.15) is 13.2 Å². The van der Waals surface area contributed by atoms with E-state index in [2.05, 4.69) is 25.4 Å². The molecular formula is C31H34F3N5O4. The van der Waals surface area contributed by atoms with Crippen LogP contribution < -0.4 is 20.3 Å². The first-order chi connectivity index (χ1) is 20.6. The van der Waals surface area contributed by atoms with Crippen molar-refractivity contribution in [3.05, 3.63) is 77.1 Å². The highest BCUT2D eigenvalue weighted by Crippen LogP contribution is 2.32. The lowest BCUT2D eigenvalue weighted by atomic mass is 10.1. The molecule has 0 radical (unpaired) electrons. The van der Waals surface area contributed by atoms with Crippen LogP contribution in [-0.4, -0.2) is 74.2 Å². The van der Waals surface area contributed by atoms with Crippen molar-refractivity contribution in [3.8, 4) is 5.75 Å². The number of carbonyl (C=O) groups is 2. The van der Waals surface area contributed by atoms with Crippen molar-refractivity contribution in [1.82, 2.24) is 9.88 Å². The molecule has 1 atom stereocenters. The van der Waals surface area contributed by atoms with Gasteiger partial charge < -0.3 is 29.9 Å². The number of hydrogen-bond acceptors (Lipinski definition) is 7. The van der Waals surface area contributed by atoms with Crippen LogP contribution in [0, 0.1) is 6.92 Å². The number of ether oxygens (including phenoxy) is 2. The molecule has 3 heterocycles. The largest absolute Gasteiger partial charge is 0.489 e. The minimum atomic E-state index is -4.62. The van der Waals surface area contributed by atoms with Gasteiger partial charge in [0.25, 0.3) is 11.8 Å². The highest BCUT2D eigenvalue weighted by atomic mass is 19.4. The van der Waals surface area contributed by atoms with Crippen LogP contribution in [0.15, 0.2) is 54.6 Å². The van der Waals surface area contributed by atoms with Crippen molar-refractivity contribution < 1.29 is 32.2 Å². The minimum absolute atomic E-state index is 0.00417. The summed E-state index contributed by atoms with van der Waals surface area (Å²) in [5, 5.41) is 5.72. The molecular weight excluding hydrogens is 563 g/mol. The first-order valence-corrected chi connectivity index (χ1v) is 14.2. The molecule has 2 aliphatic rings. The van der Waals surface area contributed by atoms with E-state index in [1.165, 1.54) is 6.92 Å². The van der Waals surface area contributed by atoms with Gasteiger partial charge in [0, 0.05) is 38.3 Å². The third-order valence-corrected chi connectivity index (χ3v) is 7.56. The van der Waals surface area contributed by atoms with E-state index in [1.807, 2.05) is 13.1 Å². The molecule has 1 aromatic heterocycles. The highest BCUT2D eigenvalue weighted by Gasteiger charge is 2.33. The van der Waals surface area contributed by atoms with Crippen LogP contribution in [0.4, 0.5) is 30.2 Å². The fourth-order valence-corrected chi connectivity index (χ4v) is 5.10. The number of halogens is 3. The maximum atomic E-state index is 13.4. The quantitative estimate of drug-likeness (QED) is 0.368. The molecule has 2 aromatic carbocycles. The summed E-state index contributed by atoms with van der Waals surface area (Å²) in [6.45, 7) is 5.45. The molecule has 2 aliphatic heterocycles. The van der Waals surface area contributed by atoms with E-state index in [-0.39, 0.29) is 22.9 Å². The van der Waals surface area contributed by atoms with Gasteiger partial charge in [0.1, 0.15) is 18.1 Å². The third-order valence-electron chi connectivity index (χ3n) is 7.56. The summed E-state index contributed by atoms with van der Waals surface area (Å²) in [5.41, 5.74) is 0.722. The Morgan fingerprint density at radius 2 is 1.74 bits per heavy atom. The number of aromatic nitrogens is 1. The van der Waals surface area contributed by atoms with E-state index in [0.29, 0.717) is 49.1 Å². The number of carbonyl (C=O) groups excluding carboxylic acids is 2. The predicted molar refractivity (Wildman–Crippen MR) is 157 cm³/mol. The Morgan fingerprint density at radius 1 is 1.00 bits per heavy atom. The van der Waals surface area contributed by atoms with Gasteiger partial charge in [0.05, 0.1) is 34.4 Å². The number of amides is 2. The van der Waals surface area contributed by atoms with Crippen molar-refractivity contribution in [1.29, 1.82) is 0 Å². The first kappa shape index (κ1) is 30.3. The normalized spacial score (nSPS) is 17.5. The summed E-state index contributed by atoms with van der Waals surface area (Å²) in [6.07, 6.45) is -2.69. The number of para-hydroxylation sites is 2. The minimum Gasteiger partial charge on any atom is -0.489 e. The molecule has 2 saturated heterocycles. The van der Waals surface area contributed by atoms with Gasteiger partial charge in [-0.15, -0.1) is 0 Å². The lowest BCUT2D eigenvalue weighted by molar-refractivity contribution is -0.141. The number of anilines is 3. The van der Waals surface area contributed by atoms with Gasteiger partial charge >= 0.3 is 6.18 Å². The lowest BCUT2D eigenvalue weighted by Gasteiger charge is -2.35. The molecule has 0 saturated carbocycles. The van der Waals surface area contributed by atoms with Crippen molar-refractivity contribution in [2.75, 3.05) is 62.0 Å². The second kappa shape index (κ2) is 13.0. The first-order valence-electron chi connectivity index (χ1n) is 14.2. The fraction of sp³-hybridized carbons (Fsp3) is 0.387. The number of piperazine rings is 1. The Hall–Kier alpha value is -4.16. The summed E-state index contributed by atoms with van der Waals surface area (Å²) in [6, 6.07) is 14.0. The average Bonchev–Trinajstić information content (AvgIpc) is 3.50. The molecule has 1 unspecified atom stereocenters. The van der Waals surface area contributed by atoms with Gasteiger partial charge in [-0.25, -0.2) is 4.98 Å². The van der Waals surface area contributed by atoms with Crippen molar-refractivity contribution in [2.45, 2.75) is 32.0 Å². The molecule has 0 spiro atoms. The van der Waals surface area contributed by atoms with Crippen LogP contribution in [0.3, 0.4) is 0 Å². The smallest absolute Gasteiger partial charge is 0.433 e. The Balaban J connectivity index is 1.38. The summed E-state index contributed by atoms with van der Waals surface area (Å²) in [4.78, 5) is 34.6. The molecule has 228 valence electrons. The number of hydrogen-bond donors (Lipinski definition) is 2. The monoisotopic (exact) mass is 597 g/mol. The number of nitrogens with one attached hydrogen (secondary N) is 2. The molecule has 2 fully saturated rings. The third kappa shape index (κ3) is 7.44. The number of alkyl halides is 3. The number of rotatable bonds is 8. The van der Waals surface area contributed by atoms with E-state index >= 15 is 0 Å². The molecule has 2 N–H and O–H groups in total. The maximum Gasteiger partial charge on any atom is 0.433 e. The maximum absolute atomic E-state index is 13.4. The Labute approximate surface area is 248 Å². The molecule has 43 heavy (non-hydrogen) atoms. The zero-order chi connectivity index (χ0) is 30.6. The molecule has 3 aromatic rings. The van der Waals surface area contributed by atoms with Gasteiger partial charge in [0.2, 0.25) is 0 Å². The topological polar surface area (TPSA) is 96.0 Å². The molecule has 5 rings (SSSR count). The summed E-state index contributed by atoms with van der Waals surface area (Å²) < 4.78 is 51.0. The second-order valence-corrected chi connectivity index (χ2v) is 10.7. The molecule has 9 nitrogen and oxygen atoms in total. The van der Waals surface area contributed by atoms with E-state index in [1.54, 1.807) is 36.4 Å². The van der Waals surface area contributed by atoms with Gasteiger partial charge in [-0.05, 0) is 69.3 Å². The van der Waals surface area contributed by atoms with Crippen molar-refractivity contribution in [3.63, 3.8) is 0 Å². The van der Waals surface area contributed by atoms with Crippen LogP contribution >= 0.6 is 0 Å². The van der Waals surface area contributed by atoms with E-state index in [4.69, 9.17) is 9.47 Å². The van der Waals surface area contributed by atoms with E-state index in [0.717, 1.165) is 38.1 Å². The highest BCUT2D eigenvalue weighted by molar-refractivity contribution is 6.09. The van der Waals surface area contributed by atoms with Crippen LogP contribution in [-0.2, 0) is 10.9 Å². The second-order valence-electron chi connectivity index (χ2n) is 10.7. The summed E-state index contributed by atoms with van der Waals surface area (Å²) in [7, 11) is 2.02. The van der Waals surface area contributed by atoms with E-state index < -0.39 is 23.7 Å². The van der Waals surface area contributed by atoms with Crippen LogP contribution in [0.5, 0.6) is 5.75 Å². The van der Waals surface area contributed by atoms with Gasteiger partial charge in [0.15, 0.2) is 0 Å². The number of benzene rings is 2. The Morgan fingerprint density at radius 3 is 2.44 bits per heavy atom. The predicted octanol–water partition coefficient (Wildman–Crippen LogP) is 5.22. The number of aryl methyl sites for hydroxylation is 1. The molecule has 0 bridgehead atoms. The van der Waals surface area contributed by atoms with Crippen LogP contribution in [0.2, 0.25) is 0 Å².